The molecular weight excluding hydrogens is 174 g/mol. The summed E-state index contributed by atoms with van der Waals surface area (Å²) in [4.78, 5) is 19.5. The predicted molar refractivity (Wildman–Crippen MR) is 41.2 cm³/mol. The van der Waals surface area contributed by atoms with Crippen molar-refractivity contribution in [3.05, 3.63) is 18.4 Å². The van der Waals surface area contributed by atoms with E-state index in [4.69, 9.17) is 9.25 Å². The molecule has 0 aliphatic carbocycles. The molecule has 2 N–H and O–H groups in total. The summed E-state index contributed by atoms with van der Waals surface area (Å²) in [6, 6.07) is -0.301. The van der Waals surface area contributed by atoms with Gasteiger partial charge in [-0.1, -0.05) is 0 Å². The zero-order chi connectivity index (χ0) is 9.10. The van der Waals surface area contributed by atoms with Gasteiger partial charge in [0.25, 0.3) is 5.91 Å². The zero-order valence-corrected chi connectivity index (χ0v) is 6.82. The fourth-order valence-electron chi connectivity index (χ4n) is 1.05. The first-order chi connectivity index (χ1) is 6.36. The topological polar surface area (TPSA) is 76.4 Å². The lowest BCUT2D eigenvalue weighted by Gasteiger charge is -2.04. The molecule has 0 spiro atoms. The SMILES string of the molecule is O=C1NOCC1NCc1cnco1. The fraction of sp³-hybridized carbons (Fsp3) is 0.429. The molecule has 6 heteroatoms. The molecule has 1 saturated heterocycles. The van der Waals surface area contributed by atoms with Gasteiger partial charge in [0, 0.05) is 0 Å². The van der Waals surface area contributed by atoms with Gasteiger partial charge < -0.3 is 4.42 Å². The van der Waals surface area contributed by atoms with E-state index in [0.29, 0.717) is 18.9 Å². The van der Waals surface area contributed by atoms with Crippen LogP contribution in [0.4, 0.5) is 0 Å². The van der Waals surface area contributed by atoms with E-state index in [1.54, 1.807) is 6.20 Å². The number of carbonyl (C=O) groups is 1. The molecule has 1 unspecified atom stereocenters. The van der Waals surface area contributed by atoms with Crippen LogP contribution in [0.2, 0.25) is 0 Å². The molecule has 6 nitrogen and oxygen atoms in total. The van der Waals surface area contributed by atoms with Crippen LogP contribution in [-0.2, 0) is 16.2 Å². The first-order valence-electron chi connectivity index (χ1n) is 3.88. The van der Waals surface area contributed by atoms with Crippen molar-refractivity contribution >= 4 is 5.91 Å². The summed E-state index contributed by atoms with van der Waals surface area (Å²) < 4.78 is 4.98. The Morgan fingerprint density at radius 3 is 3.31 bits per heavy atom. The first-order valence-corrected chi connectivity index (χ1v) is 3.88. The van der Waals surface area contributed by atoms with Crippen molar-refractivity contribution in [3.8, 4) is 0 Å². The van der Waals surface area contributed by atoms with Crippen LogP contribution in [0.3, 0.4) is 0 Å². The van der Waals surface area contributed by atoms with Gasteiger partial charge >= 0.3 is 0 Å². The van der Waals surface area contributed by atoms with Crippen LogP contribution in [0.1, 0.15) is 5.76 Å². The van der Waals surface area contributed by atoms with Crippen molar-refractivity contribution < 1.29 is 14.0 Å². The minimum atomic E-state index is -0.301. The summed E-state index contributed by atoms with van der Waals surface area (Å²) >= 11 is 0. The number of carbonyl (C=O) groups excluding carboxylic acids is 1. The summed E-state index contributed by atoms with van der Waals surface area (Å²) in [6.45, 7) is 0.814. The van der Waals surface area contributed by atoms with Gasteiger partial charge in [0.2, 0.25) is 0 Å². The maximum atomic E-state index is 11.0. The van der Waals surface area contributed by atoms with E-state index in [9.17, 15) is 4.79 Å². The smallest absolute Gasteiger partial charge is 0.263 e. The van der Waals surface area contributed by atoms with E-state index >= 15 is 0 Å². The number of hydrogen-bond acceptors (Lipinski definition) is 5. The molecule has 2 heterocycles. The van der Waals surface area contributed by atoms with Crippen molar-refractivity contribution in [2.24, 2.45) is 0 Å². The van der Waals surface area contributed by atoms with Gasteiger partial charge in [0.05, 0.1) is 19.3 Å². The van der Waals surface area contributed by atoms with Crippen LogP contribution in [0.25, 0.3) is 0 Å². The second kappa shape index (κ2) is 3.55. The lowest BCUT2D eigenvalue weighted by molar-refractivity contribution is -0.125. The maximum Gasteiger partial charge on any atom is 0.263 e. The summed E-state index contributed by atoms with van der Waals surface area (Å²) in [5, 5.41) is 2.96. The van der Waals surface area contributed by atoms with Crippen LogP contribution in [0, 0.1) is 0 Å². The summed E-state index contributed by atoms with van der Waals surface area (Å²) in [7, 11) is 0. The van der Waals surface area contributed by atoms with E-state index in [-0.39, 0.29) is 11.9 Å². The molecule has 1 aliphatic rings. The maximum absolute atomic E-state index is 11.0. The molecule has 2 rings (SSSR count). The highest BCUT2D eigenvalue weighted by molar-refractivity contribution is 5.82. The Balaban J connectivity index is 1.82. The predicted octanol–water partition coefficient (Wildman–Crippen LogP) is -0.806. The standard InChI is InChI=1S/C7H9N3O3/c11-7-6(3-13-10-7)9-2-5-1-8-4-12-5/h1,4,6,9H,2-3H2,(H,10,11). The molecule has 0 saturated carbocycles. The van der Waals surface area contributed by atoms with Crippen molar-refractivity contribution in [1.29, 1.82) is 0 Å². The Morgan fingerprint density at radius 2 is 2.69 bits per heavy atom. The van der Waals surface area contributed by atoms with E-state index in [1.807, 2.05) is 0 Å². The number of hydrogen-bond donors (Lipinski definition) is 2. The molecule has 0 radical (unpaired) electrons. The van der Waals surface area contributed by atoms with Crippen molar-refractivity contribution in [2.45, 2.75) is 12.6 Å². The number of nitrogens with zero attached hydrogens (tertiary/aromatic N) is 1. The van der Waals surface area contributed by atoms with Gasteiger partial charge in [0.15, 0.2) is 6.39 Å². The highest BCUT2D eigenvalue weighted by Gasteiger charge is 2.24. The lowest BCUT2D eigenvalue weighted by Crippen LogP contribution is -2.37. The van der Waals surface area contributed by atoms with Crippen LogP contribution in [-0.4, -0.2) is 23.5 Å². The van der Waals surface area contributed by atoms with Crippen LogP contribution in [0.15, 0.2) is 17.0 Å². The molecule has 1 atom stereocenters. The molecule has 1 aliphatic heterocycles. The van der Waals surface area contributed by atoms with E-state index in [2.05, 4.69) is 15.8 Å². The molecule has 1 aromatic heterocycles. The van der Waals surface area contributed by atoms with Gasteiger partial charge in [0.1, 0.15) is 11.8 Å². The second-order valence-electron chi connectivity index (χ2n) is 2.68. The fourth-order valence-corrected chi connectivity index (χ4v) is 1.05. The average molecular weight is 183 g/mol. The minimum Gasteiger partial charge on any atom is -0.447 e. The van der Waals surface area contributed by atoms with Crippen LogP contribution < -0.4 is 10.8 Å². The van der Waals surface area contributed by atoms with E-state index in [1.165, 1.54) is 6.39 Å². The molecule has 1 fully saturated rings. The van der Waals surface area contributed by atoms with Gasteiger partial charge in [-0.05, 0) is 0 Å². The third kappa shape index (κ3) is 1.85. The highest BCUT2D eigenvalue weighted by Crippen LogP contribution is 1.99. The number of nitrogens with one attached hydrogen (secondary N) is 2. The van der Waals surface area contributed by atoms with Gasteiger partial charge in [-0.25, -0.2) is 10.5 Å². The Kier molecular flexibility index (Phi) is 2.24. The first kappa shape index (κ1) is 8.21. The highest BCUT2D eigenvalue weighted by atomic mass is 16.7. The minimum absolute atomic E-state index is 0.153. The molecule has 13 heavy (non-hydrogen) atoms. The Labute approximate surface area is 74.2 Å². The Bertz CT molecular complexity index is 285. The van der Waals surface area contributed by atoms with Crippen LogP contribution >= 0.6 is 0 Å². The summed E-state index contributed by atoms with van der Waals surface area (Å²) in [6.07, 6.45) is 2.95. The van der Waals surface area contributed by atoms with Gasteiger partial charge in [-0.3, -0.25) is 14.9 Å². The number of rotatable bonds is 3. The quantitative estimate of drug-likeness (QED) is 0.641. The van der Waals surface area contributed by atoms with Crippen molar-refractivity contribution in [2.75, 3.05) is 6.61 Å². The van der Waals surface area contributed by atoms with Gasteiger partial charge in [-0.15, -0.1) is 0 Å². The second-order valence-corrected chi connectivity index (χ2v) is 2.68. The Hall–Kier alpha value is -1.40. The molecule has 1 amide bonds. The third-order valence-electron chi connectivity index (χ3n) is 1.75. The molecular formula is C7H9N3O3. The third-order valence-corrected chi connectivity index (χ3v) is 1.75. The Morgan fingerprint density at radius 1 is 1.77 bits per heavy atom. The monoisotopic (exact) mass is 183 g/mol. The van der Waals surface area contributed by atoms with Crippen molar-refractivity contribution in [3.63, 3.8) is 0 Å². The zero-order valence-electron chi connectivity index (χ0n) is 6.82. The van der Waals surface area contributed by atoms with E-state index in [0.717, 1.165) is 0 Å². The summed E-state index contributed by atoms with van der Waals surface area (Å²) in [5.41, 5.74) is 2.25. The number of oxazole rings is 1. The molecule has 1 aromatic rings. The normalized spacial score (nSPS) is 21.8. The lowest BCUT2D eigenvalue weighted by atomic mass is 10.3. The van der Waals surface area contributed by atoms with Crippen molar-refractivity contribution in [1.82, 2.24) is 15.8 Å². The van der Waals surface area contributed by atoms with Crippen LogP contribution in [0.5, 0.6) is 0 Å². The van der Waals surface area contributed by atoms with E-state index < -0.39 is 0 Å². The molecule has 0 bridgehead atoms. The number of amides is 1. The van der Waals surface area contributed by atoms with Gasteiger partial charge in [-0.2, -0.15) is 0 Å². The average Bonchev–Trinajstić information content (AvgIpc) is 2.72. The molecule has 0 aromatic carbocycles. The number of hydroxylamine groups is 1. The largest absolute Gasteiger partial charge is 0.447 e. The molecule has 70 valence electrons. The summed E-state index contributed by atoms with van der Waals surface area (Å²) in [5.74, 6) is 0.541. The number of aromatic nitrogens is 1.